The molecule has 1 saturated heterocycles. The molecule has 6 rings (SSSR count). The van der Waals surface area contributed by atoms with Crippen molar-refractivity contribution in [2.45, 2.75) is 38.1 Å². The number of carbonyl (C=O) groups excluding carboxylic acids is 2. The van der Waals surface area contributed by atoms with Crippen molar-refractivity contribution >= 4 is 34.3 Å². The summed E-state index contributed by atoms with van der Waals surface area (Å²) >= 11 is 0. The van der Waals surface area contributed by atoms with E-state index in [1.807, 2.05) is 48.5 Å². The highest BCUT2D eigenvalue weighted by Gasteiger charge is 2.34. The maximum atomic E-state index is 14.3. The summed E-state index contributed by atoms with van der Waals surface area (Å²) in [6, 6.07) is 22.9. The zero-order valence-corrected chi connectivity index (χ0v) is 23.4. The van der Waals surface area contributed by atoms with Crippen LogP contribution >= 0.6 is 0 Å². The standard InChI is InChI=1S/C33H36N4O4/c1-40-33(39)25-13-11-24(12-14-25)31-35-28-9-5-6-10-29(28)37(31)30(23-7-3-2-4-8-23)32(38)34-26-15-17-27(18-16-26)36-19-21-41-22-20-36/h5-6,9-18,23,30H,2-4,7-8,19-22H2,1H3,(H,34,38). The van der Waals surface area contributed by atoms with Gasteiger partial charge in [0.1, 0.15) is 11.9 Å². The Morgan fingerprint density at radius 2 is 1.63 bits per heavy atom. The number of nitrogens with zero attached hydrogens (tertiary/aromatic N) is 3. The summed E-state index contributed by atoms with van der Waals surface area (Å²) in [6.07, 6.45) is 5.39. The second-order valence-corrected chi connectivity index (χ2v) is 10.8. The number of esters is 1. The molecule has 1 amide bonds. The van der Waals surface area contributed by atoms with E-state index < -0.39 is 6.04 Å². The van der Waals surface area contributed by atoms with Crippen LogP contribution in [0.3, 0.4) is 0 Å². The Labute approximate surface area is 240 Å². The van der Waals surface area contributed by atoms with Crippen LogP contribution < -0.4 is 10.2 Å². The Morgan fingerprint density at radius 3 is 2.34 bits per heavy atom. The van der Waals surface area contributed by atoms with Crippen molar-refractivity contribution in [2.24, 2.45) is 5.92 Å². The number of anilines is 2. The van der Waals surface area contributed by atoms with Crippen molar-refractivity contribution in [1.29, 1.82) is 0 Å². The molecule has 1 aromatic heterocycles. The SMILES string of the molecule is COC(=O)c1ccc(-c2nc3ccccc3n2C(C(=O)Nc2ccc(N3CCOCC3)cc2)C2CCCCC2)cc1. The maximum absolute atomic E-state index is 14.3. The number of hydrogen-bond acceptors (Lipinski definition) is 6. The lowest BCUT2D eigenvalue weighted by Crippen LogP contribution is -2.36. The second kappa shape index (κ2) is 12.1. The Balaban J connectivity index is 1.37. The predicted molar refractivity (Wildman–Crippen MR) is 160 cm³/mol. The molecule has 1 unspecified atom stereocenters. The molecule has 0 radical (unpaired) electrons. The normalized spacial score (nSPS) is 16.9. The molecule has 8 heteroatoms. The van der Waals surface area contributed by atoms with Gasteiger partial charge in [-0.15, -0.1) is 0 Å². The molecule has 2 fully saturated rings. The van der Waals surface area contributed by atoms with Gasteiger partial charge in [-0.2, -0.15) is 0 Å². The third-order valence-corrected chi connectivity index (χ3v) is 8.31. The number of imidazole rings is 1. The Hall–Kier alpha value is -4.17. The molecule has 41 heavy (non-hydrogen) atoms. The maximum Gasteiger partial charge on any atom is 0.337 e. The molecule has 4 aromatic rings. The van der Waals surface area contributed by atoms with Gasteiger partial charge in [-0.05, 0) is 67.3 Å². The Bertz CT molecular complexity index is 1500. The van der Waals surface area contributed by atoms with Gasteiger partial charge in [0.15, 0.2) is 0 Å². The number of hydrogen-bond donors (Lipinski definition) is 1. The molecular weight excluding hydrogens is 516 g/mol. The van der Waals surface area contributed by atoms with E-state index in [9.17, 15) is 9.59 Å². The first-order valence-electron chi connectivity index (χ1n) is 14.5. The molecule has 1 atom stereocenters. The van der Waals surface area contributed by atoms with Gasteiger partial charge >= 0.3 is 5.97 Å². The molecule has 0 spiro atoms. The number of nitrogens with one attached hydrogen (secondary N) is 1. The van der Waals surface area contributed by atoms with Crippen LogP contribution in [-0.4, -0.2) is 54.8 Å². The second-order valence-electron chi connectivity index (χ2n) is 10.8. The lowest BCUT2D eigenvalue weighted by atomic mass is 9.83. The third-order valence-electron chi connectivity index (χ3n) is 8.31. The van der Waals surface area contributed by atoms with E-state index in [1.165, 1.54) is 13.5 Å². The van der Waals surface area contributed by atoms with Gasteiger partial charge in [-0.3, -0.25) is 4.79 Å². The van der Waals surface area contributed by atoms with Gasteiger partial charge in [0.25, 0.3) is 0 Å². The number of aromatic nitrogens is 2. The van der Waals surface area contributed by atoms with Crippen LogP contribution in [0.15, 0.2) is 72.8 Å². The Kier molecular flexibility index (Phi) is 8.00. The molecule has 1 saturated carbocycles. The highest BCUT2D eigenvalue weighted by atomic mass is 16.5. The van der Waals surface area contributed by atoms with Gasteiger partial charge < -0.3 is 24.3 Å². The number of rotatable bonds is 7. The molecule has 0 bridgehead atoms. The highest BCUT2D eigenvalue weighted by molar-refractivity contribution is 5.96. The lowest BCUT2D eigenvalue weighted by Gasteiger charge is -2.32. The van der Waals surface area contributed by atoms with E-state index in [-0.39, 0.29) is 17.8 Å². The summed E-state index contributed by atoms with van der Waals surface area (Å²) in [5, 5.41) is 3.24. The van der Waals surface area contributed by atoms with Gasteiger partial charge in [-0.1, -0.05) is 43.5 Å². The number of morpholine rings is 1. The predicted octanol–water partition coefficient (Wildman–Crippen LogP) is 6.09. The van der Waals surface area contributed by atoms with Crippen molar-refractivity contribution in [3.63, 3.8) is 0 Å². The third kappa shape index (κ3) is 5.70. The number of benzene rings is 3. The number of methoxy groups -OCH3 is 1. The van der Waals surface area contributed by atoms with E-state index in [2.05, 4.69) is 26.9 Å². The number of amides is 1. The van der Waals surface area contributed by atoms with Crippen molar-refractivity contribution in [3.8, 4) is 11.4 Å². The molecular formula is C33H36N4O4. The van der Waals surface area contributed by atoms with E-state index in [0.29, 0.717) is 5.56 Å². The number of ether oxygens (including phenoxy) is 2. The largest absolute Gasteiger partial charge is 0.465 e. The van der Waals surface area contributed by atoms with Gasteiger partial charge in [0.2, 0.25) is 5.91 Å². The minimum atomic E-state index is -0.433. The monoisotopic (exact) mass is 552 g/mol. The van der Waals surface area contributed by atoms with Gasteiger partial charge in [0.05, 0.1) is 36.9 Å². The summed E-state index contributed by atoms with van der Waals surface area (Å²) in [5.41, 5.74) is 4.99. The first kappa shape index (κ1) is 27.0. The molecule has 2 heterocycles. The molecule has 8 nitrogen and oxygen atoms in total. The number of para-hydroxylation sites is 2. The van der Waals surface area contributed by atoms with Crippen molar-refractivity contribution in [1.82, 2.24) is 9.55 Å². The molecule has 1 N–H and O–H groups in total. The first-order chi connectivity index (χ1) is 20.1. The van der Waals surface area contributed by atoms with Crippen LogP contribution in [0.4, 0.5) is 11.4 Å². The van der Waals surface area contributed by atoms with Crippen molar-refractivity contribution < 1.29 is 19.1 Å². The van der Waals surface area contributed by atoms with E-state index in [1.54, 1.807) is 12.1 Å². The van der Waals surface area contributed by atoms with Gasteiger partial charge in [0, 0.05) is 30.0 Å². The molecule has 212 valence electrons. The van der Waals surface area contributed by atoms with Crippen LogP contribution in [0.5, 0.6) is 0 Å². The van der Waals surface area contributed by atoms with Crippen molar-refractivity contribution in [3.05, 3.63) is 78.4 Å². The quantitative estimate of drug-likeness (QED) is 0.280. The van der Waals surface area contributed by atoms with Crippen LogP contribution in [-0.2, 0) is 14.3 Å². The Morgan fingerprint density at radius 1 is 0.927 bits per heavy atom. The van der Waals surface area contributed by atoms with Crippen LogP contribution in [0, 0.1) is 5.92 Å². The molecule has 1 aliphatic heterocycles. The topological polar surface area (TPSA) is 85.7 Å². The van der Waals surface area contributed by atoms with Crippen molar-refractivity contribution in [2.75, 3.05) is 43.6 Å². The average molecular weight is 553 g/mol. The number of fused-ring (bicyclic) bond motifs is 1. The van der Waals surface area contributed by atoms with E-state index in [4.69, 9.17) is 14.5 Å². The van der Waals surface area contributed by atoms with Gasteiger partial charge in [-0.25, -0.2) is 9.78 Å². The zero-order valence-electron chi connectivity index (χ0n) is 23.4. The summed E-state index contributed by atoms with van der Waals surface area (Å²) < 4.78 is 12.5. The summed E-state index contributed by atoms with van der Waals surface area (Å²) in [4.78, 5) is 33.6. The highest BCUT2D eigenvalue weighted by Crippen LogP contribution is 2.39. The number of carbonyl (C=O) groups is 2. The minimum absolute atomic E-state index is 0.0355. The first-order valence-corrected chi connectivity index (χ1v) is 14.5. The summed E-state index contributed by atoms with van der Waals surface area (Å²) in [5.74, 6) is 0.480. The fraction of sp³-hybridized carbons (Fsp3) is 0.364. The smallest absolute Gasteiger partial charge is 0.337 e. The minimum Gasteiger partial charge on any atom is -0.465 e. The van der Waals surface area contributed by atoms with Crippen LogP contribution in [0.1, 0.15) is 48.5 Å². The molecule has 2 aliphatic rings. The zero-order chi connectivity index (χ0) is 28.2. The average Bonchev–Trinajstić information content (AvgIpc) is 3.41. The van der Waals surface area contributed by atoms with Crippen LogP contribution in [0.25, 0.3) is 22.4 Å². The van der Waals surface area contributed by atoms with E-state index in [0.717, 1.165) is 85.8 Å². The van der Waals surface area contributed by atoms with Crippen LogP contribution in [0.2, 0.25) is 0 Å². The summed E-state index contributed by atoms with van der Waals surface area (Å²) in [6.45, 7) is 3.20. The fourth-order valence-electron chi connectivity index (χ4n) is 6.19. The molecule has 3 aromatic carbocycles. The lowest BCUT2D eigenvalue weighted by molar-refractivity contribution is -0.121. The fourth-order valence-corrected chi connectivity index (χ4v) is 6.19. The summed E-state index contributed by atoms with van der Waals surface area (Å²) in [7, 11) is 1.37. The van der Waals surface area contributed by atoms with E-state index >= 15 is 0 Å². The molecule has 1 aliphatic carbocycles.